The first-order valence-electron chi connectivity index (χ1n) is 2.88. The van der Waals surface area contributed by atoms with E-state index in [1.807, 2.05) is 0 Å². The zero-order valence-electron chi connectivity index (χ0n) is 5.84. The van der Waals surface area contributed by atoms with Crippen LogP contribution in [0.3, 0.4) is 0 Å². The fourth-order valence-electron chi connectivity index (χ4n) is 0.664. The minimum Gasteiger partial charge on any atom is -0.321 e. The predicted molar refractivity (Wildman–Crippen MR) is 52.4 cm³/mol. The first-order chi connectivity index (χ1) is 5.69. The van der Waals surface area contributed by atoms with E-state index in [4.69, 9.17) is 34.9 Å². The third kappa shape index (κ3) is 1.81. The average Bonchev–Trinajstić information content (AvgIpc) is 2.34. The lowest BCUT2D eigenvalue weighted by molar-refractivity contribution is 1.01. The Morgan fingerprint density at radius 3 is 2.58 bits per heavy atom. The Morgan fingerprint density at radius 2 is 2.25 bits per heavy atom. The molecule has 0 atom stereocenters. The molecule has 0 aromatic carbocycles. The molecule has 0 spiro atoms. The normalized spacial score (nSPS) is 11.8. The van der Waals surface area contributed by atoms with Crippen molar-refractivity contribution in [3.63, 3.8) is 0 Å². The Bertz CT molecular complexity index is 308. The average molecular weight is 225 g/mol. The van der Waals surface area contributed by atoms with Crippen LogP contribution >= 0.6 is 34.5 Å². The van der Waals surface area contributed by atoms with E-state index in [1.165, 1.54) is 11.3 Å². The van der Waals surface area contributed by atoms with Crippen LogP contribution < -0.4 is 17.1 Å². The minimum atomic E-state index is 0.317. The molecule has 4 nitrogen and oxygen atoms in total. The van der Waals surface area contributed by atoms with E-state index in [-0.39, 0.29) is 0 Å². The summed E-state index contributed by atoms with van der Waals surface area (Å²) in [6, 6.07) is 1.60. The van der Waals surface area contributed by atoms with E-state index >= 15 is 0 Å². The Labute approximate surface area is 83.1 Å². The first-order valence-corrected chi connectivity index (χ1v) is 4.46. The lowest BCUT2D eigenvalue weighted by Crippen LogP contribution is -2.31. The van der Waals surface area contributed by atoms with Crippen LogP contribution in [0.4, 0.5) is 0 Å². The Morgan fingerprint density at radius 1 is 1.58 bits per heavy atom. The highest BCUT2D eigenvalue weighted by Gasteiger charge is 2.10. The van der Waals surface area contributed by atoms with Gasteiger partial charge in [0.15, 0.2) is 5.84 Å². The van der Waals surface area contributed by atoms with Gasteiger partial charge in [-0.3, -0.25) is 0 Å². The molecule has 0 radical (unpaired) electrons. The number of hydrogen-bond donors (Lipinski definition) is 3. The van der Waals surface area contributed by atoms with Crippen molar-refractivity contribution in [3.05, 3.63) is 20.3 Å². The van der Waals surface area contributed by atoms with Crippen LogP contribution in [0.2, 0.25) is 9.36 Å². The number of thiophene rings is 1. The third-order valence-corrected chi connectivity index (χ3v) is 2.82. The molecule has 66 valence electrons. The summed E-state index contributed by atoms with van der Waals surface area (Å²) in [5, 5.41) is 3.88. The van der Waals surface area contributed by atoms with Crippen molar-refractivity contribution in [1.82, 2.24) is 5.43 Å². The van der Waals surface area contributed by atoms with Crippen molar-refractivity contribution in [2.24, 2.45) is 16.8 Å². The number of hydrazone groups is 1. The molecular formula is C5H6Cl2N4S. The SMILES string of the molecule is N/N=C(\NN)c1sc(Cl)cc1Cl. The molecule has 0 bridgehead atoms. The van der Waals surface area contributed by atoms with Crippen molar-refractivity contribution in [2.75, 3.05) is 0 Å². The van der Waals surface area contributed by atoms with E-state index < -0.39 is 0 Å². The zero-order valence-corrected chi connectivity index (χ0v) is 8.17. The van der Waals surface area contributed by atoms with Gasteiger partial charge in [-0.25, -0.2) is 5.84 Å². The molecular weight excluding hydrogens is 219 g/mol. The predicted octanol–water partition coefficient (Wildman–Crippen LogP) is 1.14. The molecule has 0 aliphatic rings. The van der Waals surface area contributed by atoms with Crippen LogP contribution in [0, 0.1) is 0 Å². The zero-order chi connectivity index (χ0) is 9.14. The maximum Gasteiger partial charge on any atom is 0.178 e. The van der Waals surface area contributed by atoms with Gasteiger partial charge in [0, 0.05) is 0 Å². The fourth-order valence-corrected chi connectivity index (χ4v) is 2.18. The maximum atomic E-state index is 5.79. The third-order valence-electron chi connectivity index (χ3n) is 1.14. The van der Waals surface area contributed by atoms with Crippen molar-refractivity contribution >= 4 is 40.4 Å². The van der Waals surface area contributed by atoms with Gasteiger partial charge in [0.05, 0.1) is 14.2 Å². The molecule has 1 aromatic heterocycles. The summed E-state index contributed by atoms with van der Waals surface area (Å²) in [5.74, 6) is 10.5. The molecule has 0 amide bonds. The quantitative estimate of drug-likeness (QED) is 0.290. The molecule has 1 rings (SSSR count). The Balaban J connectivity index is 3.09. The van der Waals surface area contributed by atoms with Crippen LogP contribution in [0.25, 0.3) is 0 Å². The molecule has 0 saturated heterocycles. The molecule has 0 fully saturated rings. The maximum absolute atomic E-state index is 5.79. The number of nitrogens with two attached hydrogens (primary N) is 2. The molecule has 0 aliphatic heterocycles. The number of nitrogens with one attached hydrogen (secondary N) is 1. The van der Waals surface area contributed by atoms with Gasteiger partial charge >= 0.3 is 0 Å². The van der Waals surface area contributed by atoms with Gasteiger partial charge in [-0.15, -0.1) is 11.3 Å². The second-order valence-corrected chi connectivity index (χ2v) is 3.94. The summed E-state index contributed by atoms with van der Waals surface area (Å²) in [7, 11) is 0. The van der Waals surface area contributed by atoms with Gasteiger partial charge in [0.1, 0.15) is 0 Å². The highest BCUT2D eigenvalue weighted by Crippen LogP contribution is 2.30. The highest BCUT2D eigenvalue weighted by atomic mass is 35.5. The molecule has 1 aromatic rings. The van der Waals surface area contributed by atoms with E-state index in [0.717, 1.165) is 0 Å². The Hall–Kier alpha value is -0.490. The molecule has 0 aliphatic carbocycles. The van der Waals surface area contributed by atoms with Crippen LogP contribution in [0.5, 0.6) is 0 Å². The summed E-state index contributed by atoms with van der Waals surface area (Å²) >= 11 is 12.7. The highest BCUT2D eigenvalue weighted by molar-refractivity contribution is 7.18. The summed E-state index contributed by atoms with van der Waals surface area (Å²) in [5.41, 5.74) is 2.31. The largest absolute Gasteiger partial charge is 0.321 e. The minimum absolute atomic E-state index is 0.317. The number of hydrazine groups is 1. The van der Waals surface area contributed by atoms with Crippen LogP contribution in [0.15, 0.2) is 11.2 Å². The fraction of sp³-hybridized carbons (Fsp3) is 0. The van der Waals surface area contributed by atoms with E-state index in [1.54, 1.807) is 6.07 Å². The smallest absolute Gasteiger partial charge is 0.178 e. The van der Waals surface area contributed by atoms with Gasteiger partial charge in [-0.1, -0.05) is 23.2 Å². The van der Waals surface area contributed by atoms with Gasteiger partial charge in [-0.05, 0) is 6.07 Å². The Kier molecular flexibility index (Phi) is 3.16. The van der Waals surface area contributed by atoms with E-state index in [9.17, 15) is 0 Å². The topological polar surface area (TPSA) is 76.4 Å². The van der Waals surface area contributed by atoms with Crippen LogP contribution in [-0.4, -0.2) is 5.84 Å². The van der Waals surface area contributed by atoms with Crippen LogP contribution in [-0.2, 0) is 0 Å². The number of nitrogens with zero attached hydrogens (tertiary/aromatic N) is 1. The number of hydrogen-bond acceptors (Lipinski definition) is 4. The monoisotopic (exact) mass is 224 g/mol. The molecule has 7 heteroatoms. The van der Waals surface area contributed by atoms with Gasteiger partial charge in [-0.2, -0.15) is 5.10 Å². The summed E-state index contributed by atoms with van der Waals surface area (Å²) in [6.45, 7) is 0. The van der Waals surface area contributed by atoms with Crippen molar-refractivity contribution in [1.29, 1.82) is 0 Å². The lowest BCUT2D eigenvalue weighted by atomic mass is 10.4. The molecule has 0 saturated carbocycles. The summed E-state index contributed by atoms with van der Waals surface area (Å²) in [6.07, 6.45) is 0. The van der Waals surface area contributed by atoms with Gasteiger partial charge in [0.25, 0.3) is 0 Å². The number of rotatable bonds is 1. The molecule has 0 unspecified atom stereocenters. The molecule has 1 heterocycles. The van der Waals surface area contributed by atoms with E-state index in [2.05, 4.69) is 10.5 Å². The number of halogens is 2. The standard InChI is InChI=1S/C5H6Cl2N4S/c6-2-1-3(7)12-4(2)5(10-8)11-9/h1H,8-9H2,(H,10,11). The molecule has 5 N–H and O–H groups in total. The van der Waals surface area contributed by atoms with Gasteiger partial charge in [0.2, 0.25) is 0 Å². The second kappa shape index (κ2) is 3.95. The number of amidine groups is 1. The van der Waals surface area contributed by atoms with Crippen molar-refractivity contribution in [3.8, 4) is 0 Å². The van der Waals surface area contributed by atoms with Crippen molar-refractivity contribution in [2.45, 2.75) is 0 Å². The summed E-state index contributed by atoms with van der Waals surface area (Å²) in [4.78, 5) is 0.631. The first kappa shape index (κ1) is 9.60. The second-order valence-electron chi connectivity index (χ2n) is 1.85. The van der Waals surface area contributed by atoms with Crippen LogP contribution in [0.1, 0.15) is 4.88 Å². The summed E-state index contributed by atoms with van der Waals surface area (Å²) < 4.78 is 0.561. The van der Waals surface area contributed by atoms with Gasteiger partial charge < -0.3 is 11.3 Å². The van der Waals surface area contributed by atoms with Crippen molar-refractivity contribution < 1.29 is 0 Å². The lowest BCUT2D eigenvalue weighted by Gasteiger charge is -1.99. The molecule has 12 heavy (non-hydrogen) atoms. The van der Waals surface area contributed by atoms with E-state index in [0.29, 0.717) is 20.1 Å².